The Bertz CT molecular complexity index is 697. The maximum atomic E-state index is 12.2. The predicted molar refractivity (Wildman–Crippen MR) is 77.0 cm³/mol. The van der Waals surface area contributed by atoms with Crippen LogP contribution in [0.15, 0.2) is 28.9 Å². The first-order valence-corrected chi connectivity index (χ1v) is 6.99. The van der Waals surface area contributed by atoms with Gasteiger partial charge in [0.2, 0.25) is 5.91 Å². The van der Waals surface area contributed by atoms with Gasteiger partial charge in [0.1, 0.15) is 5.58 Å². The van der Waals surface area contributed by atoms with E-state index in [0.29, 0.717) is 19.5 Å². The van der Waals surface area contributed by atoms with Crippen molar-refractivity contribution in [1.82, 2.24) is 4.90 Å². The molecule has 0 radical (unpaired) electrons. The van der Waals surface area contributed by atoms with Crippen LogP contribution >= 0.6 is 0 Å². The summed E-state index contributed by atoms with van der Waals surface area (Å²) in [5.41, 5.74) is 2.80. The molecule has 0 atom stereocenters. The highest BCUT2D eigenvalue weighted by atomic mass is 16.4. The highest BCUT2D eigenvalue weighted by molar-refractivity contribution is 5.88. The number of aliphatic carboxylic acids is 1. The standard InChI is InChI=1S/C16H17NO4/c1-10-2-3-13-12(9-21-14(13)4-10)6-15(18)17-7-11(8-17)5-16(19)20/h2-4,9,11H,5-8H2,1H3,(H,19,20). The van der Waals surface area contributed by atoms with Gasteiger partial charge in [0, 0.05) is 30.0 Å². The lowest BCUT2D eigenvalue weighted by Gasteiger charge is -2.38. The number of nitrogens with zero attached hydrogens (tertiary/aromatic N) is 1. The van der Waals surface area contributed by atoms with E-state index in [1.165, 1.54) is 0 Å². The number of carboxylic acid groups (broad SMARTS) is 1. The molecule has 0 aliphatic carbocycles. The molecule has 1 N–H and O–H groups in total. The molecule has 5 nitrogen and oxygen atoms in total. The second-order valence-corrected chi connectivity index (χ2v) is 5.70. The Morgan fingerprint density at radius 3 is 2.86 bits per heavy atom. The van der Waals surface area contributed by atoms with Gasteiger partial charge in [0.15, 0.2) is 0 Å². The van der Waals surface area contributed by atoms with Crippen molar-refractivity contribution in [2.75, 3.05) is 13.1 Å². The number of likely N-dealkylation sites (tertiary alicyclic amines) is 1. The van der Waals surface area contributed by atoms with Gasteiger partial charge in [-0.25, -0.2) is 0 Å². The van der Waals surface area contributed by atoms with E-state index in [-0.39, 0.29) is 18.2 Å². The fourth-order valence-electron chi connectivity index (χ4n) is 2.75. The smallest absolute Gasteiger partial charge is 0.303 e. The van der Waals surface area contributed by atoms with Gasteiger partial charge in [0.05, 0.1) is 19.1 Å². The van der Waals surface area contributed by atoms with Gasteiger partial charge in [-0.2, -0.15) is 0 Å². The number of hydrogen-bond donors (Lipinski definition) is 1. The highest BCUT2D eigenvalue weighted by Crippen LogP contribution is 2.25. The zero-order chi connectivity index (χ0) is 15.0. The van der Waals surface area contributed by atoms with Crippen LogP contribution in [0.3, 0.4) is 0 Å². The van der Waals surface area contributed by atoms with E-state index in [1.54, 1.807) is 11.2 Å². The van der Waals surface area contributed by atoms with E-state index < -0.39 is 5.97 Å². The van der Waals surface area contributed by atoms with Crippen LogP contribution in [-0.2, 0) is 16.0 Å². The first-order valence-electron chi connectivity index (χ1n) is 6.99. The summed E-state index contributed by atoms with van der Waals surface area (Å²) in [7, 11) is 0. The number of carbonyl (C=O) groups excluding carboxylic acids is 1. The van der Waals surface area contributed by atoms with E-state index in [1.807, 2.05) is 25.1 Å². The molecule has 2 heterocycles. The van der Waals surface area contributed by atoms with E-state index in [9.17, 15) is 9.59 Å². The molecule has 5 heteroatoms. The third-order valence-electron chi connectivity index (χ3n) is 3.93. The van der Waals surface area contributed by atoms with E-state index in [0.717, 1.165) is 22.1 Å². The van der Waals surface area contributed by atoms with Crippen molar-refractivity contribution in [1.29, 1.82) is 0 Å². The second kappa shape index (κ2) is 5.24. The van der Waals surface area contributed by atoms with Crippen LogP contribution in [0.2, 0.25) is 0 Å². The monoisotopic (exact) mass is 287 g/mol. The summed E-state index contributed by atoms with van der Waals surface area (Å²) in [4.78, 5) is 24.5. The molecule has 1 aliphatic heterocycles. The number of amides is 1. The molecule has 1 aromatic heterocycles. The van der Waals surface area contributed by atoms with E-state index in [2.05, 4.69) is 0 Å². The van der Waals surface area contributed by atoms with Crippen LogP contribution in [0.1, 0.15) is 17.5 Å². The Morgan fingerprint density at radius 1 is 1.38 bits per heavy atom. The fraction of sp³-hybridized carbons (Fsp3) is 0.375. The summed E-state index contributed by atoms with van der Waals surface area (Å²) in [6.07, 6.45) is 2.07. The molecule has 2 aromatic rings. The number of aryl methyl sites for hydroxylation is 1. The van der Waals surface area contributed by atoms with Crippen molar-refractivity contribution in [2.24, 2.45) is 5.92 Å². The Hall–Kier alpha value is -2.30. The first-order chi connectivity index (χ1) is 10.0. The quantitative estimate of drug-likeness (QED) is 0.936. The van der Waals surface area contributed by atoms with Gasteiger partial charge in [-0.15, -0.1) is 0 Å². The van der Waals surface area contributed by atoms with Gasteiger partial charge in [-0.05, 0) is 18.6 Å². The third kappa shape index (κ3) is 2.77. The zero-order valence-corrected chi connectivity index (χ0v) is 11.8. The summed E-state index contributed by atoms with van der Waals surface area (Å²) in [6.45, 7) is 3.08. The SMILES string of the molecule is Cc1ccc2c(CC(=O)N3CC(CC(=O)O)C3)coc2c1. The van der Waals surface area contributed by atoms with Gasteiger partial charge < -0.3 is 14.4 Å². The molecular weight excluding hydrogens is 270 g/mol. The van der Waals surface area contributed by atoms with Gasteiger partial charge in [-0.3, -0.25) is 9.59 Å². The Morgan fingerprint density at radius 2 is 2.14 bits per heavy atom. The number of benzene rings is 1. The number of rotatable bonds is 4. The van der Waals surface area contributed by atoms with Crippen molar-refractivity contribution in [3.05, 3.63) is 35.6 Å². The predicted octanol–water partition coefficient (Wildman–Crippen LogP) is 2.22. The number of hydrogen-bond acceptors (Lipinski definition) is 3. The molecule has 1 amide bonds. The number of carboxylic acids is 1. The highest BCUT2D eigenvalue weighted by Gasteiger charge is 2.32. The number of furan rings is 1. The normalized spacial score (nSPS) is 15.2. The molecule has 0 bridgehead atoms. The fourth-order valence-corrected chi connectivity index (χ4v) is 2.75. The van der Waals surface area contributed by atoms with E-state index in [4.69, 9.17) is 9.52 Å². The molecule has 3 rings (SSSR count). The summed E-state index contributed by atoms with van der Waals surface area (Å²) in [5, 5.41) is 9.68. The summed E-state index contributed by atoms with van der Waals surface area (Å²) < 4.78 is 5.49. The van der Waals surface area contributed by atoms with Crippen molar-refractivity contribution >= 4 is 22.8 Å². The van der Waals surface area contributed by atoms with Crippen LogP contribution in [0.25, 0.3) is 11.0 Å². The third-order valence-corrected chi connectivity index (χ3v) is 3.93. The van der Waals surface area contributed by atoms with Gasteiger partial charge in [-0.1, -0.05) is 12.1 Å². The molecular formula is C16H17NO4. The molecule has 0 saturated carbocycles. The minimum Gasteiger partial charge on any atom is -0.481 e. The van der Waals surface area contributed by atoms with Crippen molar-refractivity contribution < 1.29 is 19.1 Å². The second-order valence-electron chi connectivity index (χ2n) is 5.70. The lowest BCUT2D eigenvalue weighted by Crippen LogP contribution is -2.51. The number of carbonyl (C=O) groups is 2. The van der Waals surface area contributed by atoms with Crippen molar-refractivity contribution in [3.63, 3.8) is 0 Å². The van der Waals surface area contributed by atoms with Gasteiger partial charge in [0.25, 0.3) is 0 Å². The molecule has 1 aliphatic rings. The average molecular weight is 287 g/mol. The van der Waals surface area contributed by atoms with Crippen molar-refractivity contribution in [3.8, 4) is 0 Å². The average Bonchev–Trinajstić information content (AvgIpc) is 2.75. The minimum absolute atomic E-state index is 0.0277. The van der Waals surface area contributed by atoms with Crippen molar-refractivity contribution in [2.45, 2.75) is 19.8 Å². The molecule has 1 saturated heterocycles. The molecule has 0 unspecified atom stereocenters. The largest absolute Gasteiger partial charge is 0.481 e. The molecule has 1 aromatic carbocycles. The molecule has 110 valence electrons. The first kappa shape index (κ1) is 13.7. The maximum Gasteiger partial charge on any atom is 0.303 e. The zero-order valence-electron chi connectivity index (χ0n) is 11.8. The lowest BCUT2D eigenvalue weighted by atomic mass is 9.95. The Kier molecular flexibility index (Phi) is 3.41. The Balaban J connectivity index is 1.64. The Labute approximate surface area is 122 Å². The van der Waals surface area contributed by atoms with Crippen LogP contribution in [-0.4, -0.2) is 35.0 Å². The number of fused-ring (bicyclic) bond motifs is 1. The summed E-state index contributed by atoms with van der Waals surface area (Å²) >= 11 is 0. The van der Waals surface area contributed by atoms with Crippen LogP contribution in [0, 0.1) is 12.8 Å². The van der Waals surface area contributed by atoms with E-state index >= 15 is 0 Å². The maximum absolute atomic E-state index is 12.2. The topological polar surface area (TPSA) is 70.8 Å². The van der Waals surface area contributed by atoms with Crippen LogP contribution in [0.5, 0.6) is 0 Å². The molecule has 1 fully saturated rings. The molecule has 21 heavy (non-hydrogen) atoms. The van der Waals surface area contributed by atoms with Crippen LogP contribution < -0.4 is 0 Å². The van der Waals surface area contributed by atoms with Crippen LogP contribution in [0.4, 0.5) is 0 Å². The summed E-state index contributed by atoms with van der Waals surface area (Å²) in [5.74, 6) is -0.682. The lowest BCUT2D eigenvalue weighted by molar-refractivity contribution is -0.144. The molecule has 0 spiro atoms. The minimum atomic E-state index is -0.803. The van der Waals surface area contributed by atoms with Gasteiger partial charge >= 0.3 is 5.97 Å². The summed E-state index contributed by atoms with van der Waals surface area (Å²) in [6, 6.07) is 5.92.